The van der Waals surface area contributed by atoms with E-state index in [2.05, 4.69) is 20.7 Å². The summed E-state index contributed by atoms with van der Waals surface area (Å²) in [5.41, 5.74) is 5.73. The smallest absolute Gasteiger partial charge is 0.422 e. The Bertz CT molecular complexity index is 552. The Morgan fingerprint density at radius 1 is 1.45 bits per heavy atom. The van der Waals surface area contributed by atoms with Crippen molar-refractivity contribution >= 4 is 21.6 Å². The summed E-state index contributed by atoms with van der Waals surface area (Å²) in [5, 5.41) is 11.1. The highest BCUT2D eigenvalue weighted by atomic mass is 79.9. The van der Waals surface area contributed by atoms with Gasteiger partial charge in [0.15, 0.2) is 6.61 Å². The molecule has 1 aromatic rings. The highest BCUT2D eigenvalue weighted by molar-refractivity contribution is 9.10. The summed E-state index contributed by atoms with van der Waals surface area (Å²) in [6.07, 6.45) is -4.51. The number of likely N-dealkylation sites (N-methyl/N-ethyl adjacent to an activating group) is 1. The van der Waals surface area contributed by atoms with Crippen LogP contribution in [0.4, 0.5) is 18.9 Å². The molecule has 0 aliphatic heterocycles. The first-order valence-electron chi connectivity index (χ1n) is 6.09. The molecule has 0 fully saturated rings. The van der Waals surface area contributed by atoms with Crippen LogP contribution in [-0.2, 0) is 0 Å². The third-order valence-electron chi connectivity index (χ3n) is 2.63. The highest BCUT2D eigenvalue weighted by Crippen LogP contribution is 2.36. The van der Waals surface area contributed by atoms with Crippen molar-refractivity contribution in [2.24, 2.45) is 5.73 Å². The predicted molar refractivity (Wildman–Crippen MR) is 77.8 cm³/mol. The molecule has 0 aliphatic carbocycles. The number of nitrogens with zero attached hydrogens (tertiary/aromatic N) is 2. The van der Waals surface area contributed by atoms with Crippen LogP contribution in [-0.4, -0.2) is 43.2 Å². The number of benzene rings is 1. The van der Waals surface area contributed by atoms with Crippen LogP contribution in [0, 0.1) is 10.1 Å². The second kappa shape index (κ2) is 7.25. The zero-order valence-electron chi connectivity index (χ0n) is 11.9. The summed E-state index contributed by atoms with van der Waals surface area (Å²) in [7, 11) is 3.46. The second-order valence-corrected chi connectivity index (χ2v) is 5.73. The van der Waals surface area contributed by atoms with E-state index >= 15 is 0 Å². The number of hydrogen-bond donors (Lipinski definition) is 1. The molecule has 0 aromatic heterocycles. The second-order valence-electron chi connectivity index (χ2n) is 4.87. The van der Waals surface area contributed by atoms with Gasteiger partial charge in [0, 0.05) is 18.7 Å². The fourth-order valence-electron chi connectivity index (χ4n) is 1.78. The van der Waals surface area contributed by atoms with E-state index in [0.717, 1.165) is 6.07 Å². The average molecular weight is 386 g/mol. The number of alkyl halides is 3. The SMILES string of the molecule is CN(C)CC(N)c1cc(OCC(F)(F)F)c(Br)cc1[N+](=O)[O-]. The van der Waals surface area contributed by atoms with E-state index in [1.165, 1.54) is 6.07 Å². The first kappa shape index (κ1) is 18.7. The largest absolute Gasteiger partial charge is 0.483 e. The summed E-state index contributed by atoms with van der Waals surface area (Å²) in [6, 6.07) is 1.52. The zero-order chi connectivity index (χ0) is 17.1. The van der Waals surface area contributed by atoms with Crippen LogP contribution in [0.15, 0.2) is 16.6 Å². The quantitative estimate of drug-likeness (QED) is 0.601. The fourth-order valence-corrected chi connectivity index (χ4v) is 2.22. The summed E-state index contributed by atoms with van der Waals surface area (Å²) in [4.78, 5) is 12.2. The zero-order valence-corrected chi connectivity index (χ0v) is 13.4. The molecule has 0 bridgehead atoms. The molecule has 10 heteroatoms. The van der Waals surface area contributed by atoms with E-state index in [9.17, 15) is 23.3 Å². The number of halogens is 4. The molecule has 6 nitrogen and oxygen atoms in total. The first-order valence-corrected chi connectivity index (χ1v) is 6.88. The molecule has 0 radical (unpaired) electrons. The third-order valence-corrected chi connectivity index (χ3v) is 3.25. The molecule has 1 rings (SSSR count). The lowest BCUT2D eigenvalue weighted by Crippen LogP contribution is -2.27. The van der Waals surface area contributed by atoms with Crippen LogP contribution in [0.3, 0.4) is 0 Å². The summed E-state index contributed by atoms with van der Waals surface area (Å²) in [6.45, 7) is -1.20. The van der Waals surface area contributed by atoms with Gasteiger partial charge in [0.2, 0.25) is 0 Å². The van der Waals surface area contributed by atoms with Crippen molar-refractivity contribution in [3.8, 4) is 5.75 Å². The van der Waals surface area contributed by atoms with Crippen molar-refractivity contribution in [3.05, 3.63) is 32.3 Å². The molecular weight excluding hydrogens is 371 g/mol. The minimum Gasteiger partial charge on any atom is -0.483 e. The Kier molecular flexibility index (Phi) is 6.15. The van der Waals surface area contributed by atoms with Crippen molar-refractivity contribution in [3.63, 3.8) is 0 Å². The lowest BCUT2D eigenvalue weighted by atomic mass is 10.0. The lowest BCUT2D eigenvalue weighted by molar-refractivity contribution is -0.385. The van der Waals surface area contributed by atoms with Crippen molar-refractivity contribution in [2.75, 3.05) is 27.2 Å². The average Bonchev–Trinajstić information content (AvgIpc) is 2.34. The van der Waals surface area contributed by atoms with Crippen molar-refractivity contribution in [1.29, 1.82) is 0 Å². The normalized spacial score (nSPS) is 13.3. The number of nitro benzene ring substituents is 1. The van der Waals surface area contributed by atoms with E-state index in [4.69, 9.17) is 5.73 Å². The van der Waals surface area contributed by atoms with E-state index < -0.39 is 23.7 Å². The summed E-state index contributed by atoms with van der Waals surface area (Å²) < 4.78 is 41.4. The van der Waals surface area contributed by atoms with Crippen molar-refractivity contribution < 1.29 is 22.8 Å². The van der Waals surface area contributed by atoms with Gasteiger partial charge in [0.1, 0.15) is 5.75 Å². The predicted octanol–water partition coefficient (Wildman–Crippen LogP) is 2.86. The maximum absolute atomic E-state index is 12.2. The van der Waals surface area contributed by atoms with Gasteiger partial charge in [0.05, 0.1) is 15.0 Å². The van der Waals surface area contributed by atoms with Crippen LogP contribution < -0.4 is 10.5 Å². The number of nitro groups is 1. The van der Waals surface area contributed by atoms with Crippen molar-refractivity contribution in [2.45, 2.75) is 12.2 Å². The topological polar surface area (TPSA) is 81.6 Å². The standard InChI is InChI=1S/C12H15BrF3N3O3/c1-18(2)5-9(17)7-3-11(22-6-12(14,15)16)8(13)4-10(7)19(20)21/h3-4,9H,5-6,17H2,1-2H3. The monoisotopic (exact) mass is 385 g/mol. The number of rotatable bonds is 6. The lowest BCUT2D eigenvalue weighted by Gasteiger charge is -2.19. The Labute approximate surface area is 133 Å². The van der Waals surface area contributed by atoms with E-state index in [-0.39, 0.29) is 21.5 Å². The Morgan fingerprint density at radius 2 is 2.05 bits per heavy atom. The summed E-state index contributed by atoms with van der Waals surface area (Å²) in [5.74, 6) is -0.146. The van der Waals surface area contributed by atoms with E-state index in [1.54, 1.807) is 19.0 Å². The third kappa shape index (κ3) is 5.43. The molecule has 0 spiro atoms. The van der Waals surface area contributed by atoms with Gasteiger partial charge in [-0.25, -0.2) is 0 Å². The van der Waals surface area contributed by atoms with Gasteiger partial charge < -0.3 is 15.4 Å². The van der Waals surface area contributed by atoms with Gasteiger partial charge in [0.25, 0.3) is 5.69 Å². The molecular formula is C12H15BrF3N3O3. The Hall–Kier alpha value is -1.39. The minimum atomic E-state index is -4.51. The molecule has 0 amide bonds. The molecule has 0 saturated heterocycles. The van der Waals surface area contributed by atoms with Gasteiger partial charge in [-0.3, -0.25) is 10.1 Å². The Morgan fingerprint density at radius 3 is 2.50 bits per heavy atom. The highest BCUT2D eigenvalue weighted by Gasteiger charge is 2.30. The number of ether oxygens (including phenoxy) is 1. The molecule has 124 valence electrons. The fraction of sp³-hybridized carbons (Fsp3) is 0.500. The minimum absolute atomic E-state index is 0.0595. The van der Waals surface area contributed by atoms with Crippen LogP contribution in [0.1, 0.15) is 11.6 Å². The van der Waals surface area contributed by atoms with Gasteiger partial charge in [-0.2, -0.15) is 13.2 Å². The number of nitrogens with two attached hydrogens (primary N) is 1. The molecule has 2 N–H and O–H groups in total. The maximum Gasteiger partial charge on any atom is 0.422 e. The van der Waals surface area contributed by atoms with Gasteiger partial charge in [-0.1, -0.05) is 0 Å². The summed E-state index contributed by atoms with van der Waals surface area (Å²) >= 11 is 2.97. The van der Waals surface area contributed by atoms with E-state index in [0.29, 0.717) is 6.54 Å². The molecule has 22 heavy (non-hydrogen) atoms. The van der Waals surface area contributed by atoms with Gasteiger partial charge in [-0.05, 0) is 36.1 Å². The van der Waals surface area contributed by atoms with Crippen LogP contribution >= 0.6 is 15.9 Å². The van der Waals surface area contributed by atoms with Crippen molar-refractivity contribution in [1.82, 2.24) is 4.90 Å². The van der Waals surface area contributed by atoms with Gasteiger partial charge in [-0.15, -0.1) is 0 Å². The molecule has 0 heterocycles. The molecule has 0 aliphatic rings. The molecule has 1 atom stereocenters. The number of hydrogen-bond acceptors (Lipinski definition) is 5. The Balaban J connectivity index is 3.18. The van der Waals surface area contributed by atoms with Gasteiger partial charge >= 0.3 is 6.18 Å². The van der Waals surface area contributed by atoms with Crippen LogP contribution in [0.2, 0.25) is 0 Å². The molecule has 1 aromatic carbocycles. The van der Waals surface area contributed by atoms with E-state index in [1.807, 2.05) is 0 Å². The molecule has 0 saturated carbocycles. The van der Waals surface area contributed by atoms with Crippen LogP contribution in [0.25, 0.3) is 0 Å². The molecule has 1 unspecified atom stereocenters. The first-order chi connectivity index (χ1) is 10.0. The van der Waals surface area contributed by atoms with Crippen LogP contribution in [0.5, 0.6) is 5.75 Å². The maximum atomic E-state index is 12.2.